The van der Waals surface area contributed by atoms with E-state index >= 15 is 0 Å². The van der Waals surface area contributed by atoms with Gasteiger partial charge in [0.15, 0.2) is 0 Å². The number of carbonyl (C=O) groups excluding carboxylic acids is 2. The predicted octanol–water partition coefficient (Wildman–Crippen LogP) is 2.08. The third kappa shape index (κ3) is 5.66. The average Bonchev–Trinajstić information content (AvgIpc) is 2.69. The van der Waals surface area contributed by atoms with Crippen LogP contribution in [0.1, 0.15) is 18.1 Å². The van der Waals surface area contributed by atoms with Crippen LogP contribution in [0.5, 0.6) is 0 Å². The Morgan fingerprint density at radius 3 is 2.04 bits per heavy atom. The van der Waals surface area contributed by atoms with Crippen LogP contribution in [0.25, 0.3) is 0 Å². The Balaban J connectivity index is 1.43. The Bertz CT molecular complexity index is 741. The fourth-order valence-corrected chi connectivity index (χ4v) is 3.38. The van der Waals surface area contributed by atoms with Crippen molar-refractivity contribution in [3.63, 3.8) is 0 Å². The summed E-state index contributed by atoms with van der Waals surface area (Å²) in [6.45, 7) is 5.78. The maximum absolute atomic E-state index is 12.6. The Kier molecular flexibility index (Phi) is 6.60. The van der Waals surface area contributed by atoms with Crippen LogP contribution in [-0.2, 0) is 22.6 Å². The molecule has 0 radical (unpaired) electrons. The smallest absolute Gasteiger partial charge is 0.244 e. The minimum absolute atomic E-state index is 0.00391. The van der Waals surface area contributed by atoms with Crippen LogP contribution in [0.4, 0.5) is 0 Å². The van der Waals surface area contributed by atoms with Gasteiger partial charge in [-0.2, -0.15) is 0 Å². The Labute approximate surface area is 161 Å². The van der Waals surface area contributed by atoms with E-state index in [0.717, 1.165) is 25.2 Å². The van der Waals surface area contributed by atoms with Gasteiger partial charge in [-0.15, -0.1) is 0 Å². The monoisotopic (exact) mass is 365 g/mol. The van der Waals surface area contributed by atoms with Gasteiger partial charge in [-0.05, 0) is 18.1 Å². The molecule has 1 atom stereocenters. The molecular formula is C22H27N3O2. The number of benzene rings is 2. The lowest BCUT2D eigenvalue weighted by atomic mass is 10.1. The van der Waals surface area contributed by atoms with Crippen molar-refractivity contribution < 1.29 is 9.59 Å². The first-order chi connectivity index (χ1) is 13.1. The van der Waals surface area contributed by atoms with E-state index in [0.29, 0.717) is 19.5 Å². The summed E-state index contributed by atoms with van der Waals surface area (Å²) < 4.78 is 0. The van der Waals surface area contributed by atoms with Crippen LogP contribution in [0.3, 0.4) is 0 Å². The zero-order valence-corrected chi connectivity index (χ0v) is 15.8. The summed E-state index contributed by atoms with van der Waals surface area (Å²) in [4.78, 5) is 29.0. The number of carbonyl (C=O) groups is 2. The molecule has 1 aliphatic heterocycles. The standard InChI is InChI=1S/C22H27N3O2/c1-18(23-21(26)16-19-8-4-2-5-9-19)22(27)25-14-12-24(13-15-25)17-20-10-6-3-7-11-20/h2-11,18H,12-17H2,1H3,(H,23,26)/t18-/m0/s1. The maximum atomic E-state index is 12.6. The van der Waals surface area contributed by atoms with Gasteiger partial charge < -0.3 is 10.2 Å². The fourth-order valence-electron chi connectivity index (χ4n) is 3.38. The molecule has 0 bridgehead atoms. The summed E-state index contributed by atoms with van der Waals surface area (Å²) >= 11 is 0. The zero-order valence-electron chi connectivity index (χ0n) is 15.8. The van der Waals surface area contributed by atoms with Crippen LogP contribution in [0.15, 0.2) is 60.7 Å². The third-order valence-corrected chi connectivity index (χ3v) is 4.89. The van der Waals surface area contributed by atoms with Gasteiger partial charge in [0.2, 0.25) is 11.8 Å². The Hall–Kier alpha value is -2.66. The van der Waals surface area contributed by atoms with Crippen molar-refractivity contribution in [2.45, 2.75) is 25.9 Å². The minimum atomic E-state index is -0.498. The number of nitrogens with zero attached hydrogens (tertiary/aromatic N) is 2. The molecule has 2 amide bonds. The first kappa shape index (κ1) is 19.1. The highest BCUT2D eigenvalue weighted by molar-refractivity contribution is 5.88. The van der Waals surface area contributed by atoms with Gasteiger partial charge in [0.05, 0.1) is 6.42 Å². The lowest BCUT2D eigenvalue weighted by Crippen LogP contribution is -2.54. The van der Waals surface area contributed by atoms with E-state index in [1.807, 2.05) is 41.3 Å². The molecule has 2 aromatic rings. The van der Waals surface area contributed by atoms with Gasteiger partial charge in [-0.1, -0.05) is 60.7 Å². The lowest BCUT2D eigenvalue weighted by molar-refractivity contribution is -0.137. The van der Waals surface area contributed by atoms with Gasteiger partial charge >= 0.3 is 0 Å². The van der Waals surface area contributed by atoms with Crippen molar-refractivity contribution >= 4 is 11.8 Å². The zero-order chi connectivity index (χ0) is 19.1. The van der Waals surface area contributed by atoms with Crippen LogP contribution in [0.2, 0.25) is 0 Å². The molecule has 3 rings (SSSR count). The van der Waals surface area contributed by atoms with Crippen molar-refractivity contribution in [1.29, 1.82) is 0 Å². The molecule has 0 aliphatic carbocycles. The molecule has 1 saturated heterocycles. The van der Waals surface area contributed by atoms with E-state index in [4.69, 9.17) is 0 Å². The molecule has 142 valence electrons. The van der Waals surface area contributed by atoms with Gasteiger partial charge in [-0.25, -0.2) is 0 Å². The van der Waals surface area contributed by atoms with Crippen molar-refractivity contribution in [2.24, 2.45) is 0 Å². The van der Waals surface area contributed by atoms with E-state index in [1.165, 1.54) is 5.56 Å². The van der Waals surface area contributed by atoms with Gasteiger partial charge in [0.25, 0.3) is 0 Å². The van der Waals surface area contributed by atoms with Crippen LogP contribution in [0, 0.1) is 0 Å². The van der Waals surface area contributed by atoms with E-state index in [1.54, 1.807) is 6.92 Å². The van der Waals surface area contributed by atoms with Crippen molar-refractivity contribution in [2.75, 3.05) is 26.2 Å². The number of rotatable bonds is 6. The highest BCUT2D eigenvalue weighted by Crippen LogP contribution is 2.09. The highest BCUT2D eigenvalue weighted by Gasteiger charge is 2.25. The second kappa shape index (κ2) is 9.33. The highest BCUT2D eigenvalue weighted by atomic mass is 16.2. The molecular weight excluding hydrogens is 338 g/mol. The summed E-state index contributed by atoms with van der Waals surface area (Å²) in [6, 6.07) is 19.4. The summed E-state index contributed by atoms with van der Waals surface area (Å²) in [6.07, 6.45) is 0.295. The lowest BCUT2D eigenvalue weighted by Gasteiger charge is -2.36. The van der Waals surface area contributed by atoms with Crippen LogP contribution >= 0.6 is 0 Å². The van der Waals surface area contributed by atoms with Crippen molar-refractivity contribution in [3.8, 4) is 0 Å². The molecule has 0 spiro atoms. The molecule has 0 unspecified atom stereocenters. The molecule has 1 heterocycles. The third-order valence-electron chi connectivity index (χ3n) is 4.89. The van der Waals surface area contributed by atoms with E-state index in [-0.39, 0.29) is 11.8 Å². The molecule has 5 heteroatoms. The molecule has 1 aliphatic rings. The summed E-state index contributed by atoms with van der Waals surface area (Å²) in [5, 5.41) is 2.83. The van der Waals surface area contributed by atoms with Gasteiger partial charge in [0.1, 0.15) is 6.04 Å². The van der Waals surface area contributed by atoms with Crippen molar-refractivity contribution in [1.82, 2.24) is 15.1 Å². The molecule has 0 saturated carbocycles. The molecule has 5 nitrogen and oxygen atoms in total. The predicted molar refractivity (Wildman–Crippen MR) is 106 cm³/mol. The van der Waals surface area contributed by atoms with E-state index < -0.39 is 6.04 Å². The number of hydrogen-bond acceptors (Lipinski definition) is 3. The van der Waals surface area contributed by atoms with Gasteiger partial charge in [-0.3, -0.25) is 14.5 Å². The molecule has 27 heavy (non-hydrogen) atoms. The summed E-state index contributed by atoms with van der Waals surface area (Å²) in [5.41, 5.74) is 2.24. The number of nitrogens with one attached hydrogen (secondary N) is 1. The maximum Gasteiger partial charge on any atom is 0.244 e. The number of hydrogen-bond donors (Lipinski definition) is 1. The molecule has 0 aromatic heterocycles. The first-order valence-corrected chi connectivity index (χ1v) is 9.50. The topological polar surface area (TPSA) is 52.7 Å². The van der Waals surface area contributed by atoms with E-state index in [9.17, 15) is 9.59 Å². The first-order valence-electron chi connectivity index (χ1n) is 9.50. The fraction of sp³-hybridized carbons (Fsp3) is 0.364. The summed E-state index contributed by atoms with van der Waals surface area (Å²) in [5.74, 6) is -0.125. The van der Waals surface area contributed by atoms with E-state index in [2.05, 4.69) is 34.5 Å². The average molecular weight is 365 g/mol. The van der Waals surface area contributed by atoms with Gasteiger partial charge in [0, 0.05) is 32.7 Å². The molecule has 2 aromatic carbocycles. The van der Waals surface area contributed by atoms with Crippen LogP contribution in [-0.4, -0.2) is 53.8 Å². The summed E-state index contributed by atoms with van der Waals surface area (Å²) in [7, 11) is 0. The second-order valence-corrected chi connectivity index (χ2v) is 7.04. The minimum Gasteiger partial charge on any atom is -0.344 e. The number of piperazine rings is 1. The molecule has 1 fully saturated rings. The second-order valence-electron chi connectivity index (χ2n) is 7.04. The quantitative estimate of drug-likeness (QED) is 0.853. The Morgan fingerprint density at radius 1 is 0.889 bits per heavy atom. The number of amides is 2. The van der Waals surface area contributed by atoms with Crippen molar-refractivity contribution in [3.05, 3.63) is 71.8 Å². The Morgan fingerprint density at radius 2 is 1.44 bits per heavy atom. The SMILES string of the molecule is C[C@H](NC(=O)Cc1ccccc1)C(=O)N1CCN(Cc2ccccc2)CC1. The largest absolute Gasteiger partial charge is 0.344 e. The van der Waals surface area contributed by atoms with Crippen LogP contribution < -0.4 is 5.32 Å². The molecule has 1 N–H and O–H groups in total. The normalized spacial score (nSPS) is 16.0.